The van der Waals surface area contributed by atoms with E-state index >= 15 is 0 Å². The van der Waals surface area contributed by atoms with Crippen molar-refractivity contribution in [2.45, 2.75) is 13.0 Å². The first-order chi connectivity index (χ1) is 9.75. The van der Waals surface area contributed by atoms with Gasteiger partial charge in [0.25, 0.3) is 0 Å². The highest BCUT2D eigenvalue weighted by Gasteiger charge is 2.02. The maximum absolute atomic E-state index is 11.6. The average molecular weight is 334 g/mol. The minimum Gasteiger partial charge on any atom is -0.338 e. The van der Waals surface area contributed by atoms with Crippen molar-refractivity contribution in [3.8, 4) is 0 Å². The number of nitrogens with one attached hydrogen (secondary N) is 2. The lowest BCUT2D eigenvalue weighted by Crippen LogP contribution is -2.36. The van der Waals surface area contributed by atoms with Gasteiger partial charge in [0.1, 0.15) is 0 Å². The Morgan fingerprint density at radius 3 is 2.60 bits per heavy atom. The fourth-order valence-corrected chi connectivity index (χ4v) is 2.24. The Labute approximate surface area is 126 Å². The summed E-state index contributed by atoms with van der Waals surface area (Å²) < 4.78 is 1.07. The molecule has 0 aliphatic rings. The molecular weight excluding hydrogens is 318 g/mol. The van der Waals surface area contributed by atoms with Gasteiger partial charge in [-0.2, -0.15) is 0 Å². The van der Waals surface area contributed by atoms with Crippen molar-refractivity contribution in [3.63, 3.8) is 0 Å². The lowest BCUT2D eigenvalue weighted by atomic mass is 10.1. The molecule has 0 aliphatic heterocycles. The largest absolute Gasteiger partial charge is 0.338 e. The van der Waals surface area contributed by atoms with E-state index in [-0.39, 0.29) is 6.03 Å². The second-order valence-electron chi connectivity index (χ2n) is 4.31. The quantitative estimate of drug-likeness (QED) is 0.883. The zero-order valence-electron chi connectivity index (χ0n) is 11.0. The maximum atomic E-state index is 11.6. The van der Waals surface area contributed by atoms with Crippen LogP contribution in [-0.4, -0.2) is 17.6 Å². The Hall–Kier alpha value is -1.88. The van der Waals surface area contributed by atoms with E-state index in [2.05, 4.69) is 31.5 Å². The molecule has 1 heterocycles. The van der Waals surface area contributed by atoms with Crippen LogP contribution in [0.2, 0.25) is 0 Å². The van der Waals surface area contributed by atoms with E-state index in [1.54, 1.807) is 12.4 Å². The zero-order chi connectivity index (χ0) is 14.2. The molecule has 20 heavy (non-hydrogen) atoms. The van der Waals surface area contributed by atoms with Crippen LogP contribution in [0, 0.1) is 0 Å². The number of nitrogens with zero attached hydrogens (tertiary/aromatic N) is 1. The summed E-state index contributed by atoms with van der Waals surface area (Å²) in [6.45, 7) is 1.11. The number of hydrogen-bond acceptors (Lipinski definition) is 2. The molecule has 2 N–H and O–H groups in total. The molecule has 104 valence electrons. The third-order valence-corrected chi connectivity index (χ3v) is 3.61. The lowest BCUT2D eigenvalue weighted by Gasteiger charge is -2.08. The van der Waals surface area contributed by atoms with E-state index in [0.717, 1.165) is 16.5 Å². The van der Waals surface area contributed by atoms with E-state index in [4.69, 9.17) is 0 Å². The number of pyridine rings is 1. The summed E-state index contributed by atoms with van der Waals surface area (Å²) in [7, 11) is 0. The Morgan fingerprint density at radius 2 is 1.85 bits per heavy atom. The van der Waals surface area contributed by atoms with E-state index < -0.39 is 0 Å². The molecule has 1 aromatic heterocycles. The summed E-state index contributed by atoms with van der Waals surface area (Å²) in [6, 6.07) is 11.6. The van der Waals surface area contributed by atoms with E-state index in [9.17, 15) is 4.79 Å². The van der Waals surface area contributed by atoms with Gasteiger partial charge in [0.15, 0.2) is 0 Å². The summed E-state index contributed by atoms with van der Waals surface area (Å²) in [5.74, 6) is 0. The molecule has 0 saturated carbocycles. The van der Waals surface area contributed by atoms with Crippen LogP contribution in [0.25, 0.3) is 0 Å². The molecular formula is C15H16BrN3O. The molecule has 0 fully saturated rings. The summed E-state index contributed by atoms with van der Waals surface area (Å²) in [4.78, 5) is 15.6. The molecule has 0 unspecified atom stereocenters. The number of aromatic nitrogens is 1. The summed E-state index contributed by atoms with van der Waals surface area (Å²) in [5.41, 5.74) is 2.21. The SMILES string of the molecule is O=C(NCCc1ccccc1Br)NCc1ccncc1. The normalized spacial score (nSPS) is 10.1. The number of carbonyl (C=O) groups excluding carboxylic acids is 1. The van der Waals surface area contributed by atoms with Crippen LogP contribution in [0.4, 0.5) is 4.79 Å². The van der Waals surface area contributed by atoms with Gasteiger partial charge in [0.05, 0.1) is 0 Å². The first kappa shape index (κ1) is 14.5. The van der Waals surface area contributed by atoms with Crippen molar-refractivity contribution < 1.29 is 4.79 Å². The Morgan fingerprint density at radius 1 is 1.10 bits per heavy atom. The summed E-state index contributed by atoms with van der Waals surface area (Å²) in [5, 5.41) is 5.65. The topological polar surface area (TPSA) is 54.0 Å². The smallest absolute Gasteiger partial charge is 0.315 e. The molecule has 2 amide bonds. The van der Waals surface area contributed by atoms with Gasteiger partial charge < -0.3 is 10.6 Å². The van der Waals surface area contributed by atoms with Gasteiger partial charge in [-0.15, -0.1) is 0 Å². The minimum atomic E-state index is -0.158. The zero-order valence-corrected chi connectivity index (χ0v) is 12.6. The van der Waals surface area contributed by atoms with Crippen LogP contribution in [0.1, 0.15) is 11.1 Å². The number of carbonyl (C=O) groups is 1. The Balaban J connectivity index is 1.69. The number of rotatable bonds is 5. The van der Waals surface area contributed by atoms with Gasteiger partial charge in [-0.05, 0) is 35.7 Å². The molecule has 0 saturated heterocycles. The van der Waals surface area contributed by atoms with Crippen molar-refractivity contribution in [3.05, 3.63) is 64.4 Å². The third kappa shape index (κ3) is 4.66. The standard InChI is InChI=1S/C15H16BrN3O/c16-14-4-2-1-3-13(14)7-10-18-15(20)19-11-12-5-8-17-9-6-12/h1-6,8-9H,7,10-11H2,(H2,18,19,20). The highest BCUT2D eigenvalue weighted by atomic mass is 79.9. The van der Waals surface area contributed by atoms with Crippen LogP contribution in [0.3, 0.4) is 0 Å². The van der Waals surface area contributed by atoms with Crippen LogP contribution >= 0.6 is 15.9 Å². The molecule has 1 aromatic carbocycles. The molecule has 2 aromatic rings. The maximum Gasteiger partial charge on any atom is 0.315 e. The fraction of sp³-hybridized carbons (Fsp3) is 0.200. The highest BCUT2D eigenvalue weighted by molar-refractivity contribution is 9.10. The monoisotopic (exact) mass is 333 g/mol. The molecule has 2 rings (SSSR count). The number of hydrogen-bond donors (Lipinski definition) is 2. The first-order valence-corrected chi connectivity index (χ1v) is 7.19. The van der Waals surface area contributed by atoms with E-state index in [0.29, 0.717) is 13.1 Å². The van der Waals surface area contributed by atoms with Crippen molar-refractivity contribution in [2.24, 2.45) is 0 Å². The van der Waals surface area contributed by atoms with Crippen molar-refractivity contribution in [1.29, 1.82) is 0 Å². The van der Waals surface area contributed by atoms with Gasteiger partial charge in [-0.1, -0.05) is 34.1 Å². The minimum absolute atomic E-state index is 0.158. The van der Waals surface area contributed by atoms with E-state index in [1.165, 1.54) is 5.56 Å². The predicted molar refractivity (Wildman–Crippen MR) is 82.3 cm³/mol. The van der Waals surface area contributed by atoms with Gasteiger partial charge in [-0.3, -0.25) is 4.98 Å². The Kier molecular flexibility index (Phi) is 5.55. The number of benzene rings is 1. The molecule has 5 heteroatoms. The summed E-state index contributed by atoms with van der Waals surface area (Å²) in [6.07, 6.45) is 4.22. The number of halogens is 1. The predicted octanol–water partition coefficient (Wildman–Crippen LogP) is 2.89. The second kappa shape index (κ2) is 7.65. The van der Waals surface area contributed by atoms with Crippen LogP contribution < -0.4 is 10.6 Å². The molecule has 0 radical (unpaired) electrons. The fourth-order valence-electron chi connectivity index (χ4n) is 1.76. The van der Waals surface area contributed by atoms with Crippen molar-refractivity contribution in [1.82, 2.24) is 15.6 Å². The van der Waals surface area contributed by atoms with Gasteiger partial charge >= 0.3 is 6.03 Å². The van der Waals surface area contributed by atoms with Gasteiger partial charge in [0, 0.05) is 30.0 Å². The van der Waals surface area contributed by atoms with Crippen LogP contribution in [0.5, 0.6) is 0 Å². The average Bonchev–Trinajstić information content (AvgIpc) is 2.48. The molecule has 4 nitrogen and oxygen atoms in total. The van der Waals surface area contributed by atoms with Gasteiger partial charge in [0.2, 0.25) is 0 Å². The number of urea groups is 1. The lowest BCUT2D eigenvalue weighted by molar-refractivity contribution is 0.240. The summed E-state index contributed by atoms with van der Waals surface area (Å²) >= 11 is 3.49. The third-order valence-electron chi connectivity index (χ3n) is 2.84. The second-order valence-corrected chi connectivity index (χ2v) is 5.16. The number of amides is 2. The first-order valence-electron chi connectivity index (χ1n) is 6.40. The molecule has 0 spiro atoms. The van der Waals surface area contributed by atoms with Crippen molar-refractivity contribution in [2.75, 3.05) is 6.54 Å². The van der Waals surface area contributed by atoms with E-state index in [1.807, 2.05) is 36.4 Å². The highest BCUT2D eigenvalue weighted by Crippen LogP contribution is 2.15. The van der Waals surface area contributed by atoms with Crippen molar-refractivity contribution >= 4 is 22.0 Å². The van der Waals surface area contributed by atoms with Crippen LogP contribution in [0.15, 0.2) is 53.3 Å². The molecule has 0 aliphatic carbocycles. The van der Waals surface area contributed by atoms with Gasteiger partial charge in [-0.25, -0.2) is 4.79 Å². The molecule has 0 bridgehead atoms. The van der Waals surface area contributed by atoms with Crippen LogP contribution in [-0.2, 0) is 13.0 Å². The molecule has 0 atom stereocenters. The Bertz CT molecular complexity index is 560.